The number of carbonyl (C=O) groups excluding carboxylic acids is 6. The van der Waals surface area contributed by atoms with Crippen LogP contribution in [0.2, 0.25) is 0 Å². The van der Waals surface area contributed by atoms with Crippen molar-refractivity contribution >= 4 is 35.5 Å². The van der Waals surface area contributed by atoms with E-state index in [0.29, 0.717) is 25.8 Å². The number of amides is 5. The third-order valence-corrected chi connectivity index (χ3v) is 10.2. The highest BCUT2D eigenvalue weighted by molar-refractivity contribution is 5.92. The molecule has 0 spiro atoms. The average Bonchev–Trinajstić information content (AvgIpc) is 3.13. The zero-order chi connectivity index (χ0) is 43.4. The molecule has 1 saturated heterocycles. The van der Waals surface area contributed by atoms with Crippen LogP contribution >= 0.6 is 0 Å². The Kier molecular flexibility index (Phi) is 21.9. The monoisotopic (exact) mass is 819 g/mol. The summed E-state index contributed by atoms with van der Waals surface area (Å²) in [4.78, 5) is 78.7. The van der Waals surface area contributed by atoms with Gasteiger partial charge in [0.25, 0.3) is 11.7 Å². The van der Waals surface area contributed by atoms with Gasteiger partial charge in [0.05, 0.1) is 24.2 Å². The lowest BCUT2D eigenvalue weighted by atomic mass is 9.83. The Morgan fingerprint density at radius 2 is 1.69 bits per heavy atom. The number of cyclic esters (lactones) is 1. The average molecular weight is 819 g/mol. The molecule has 328 valence electrons. The molecule has 2 bridgehead atoms. The molecule has 16 heteroatoms. The lowest BCUT2D eigenvalue weighted by molar-refractivity contribution is -0.241. The van der Waals surface area contributed by atoms with Crippen LogP contribution in [0.15, 0.2) is 36.5 Å². The van der Waals surface area contributed by atoms with Gasteiger partial charge in [0.1, 0.15) is 18.7 Å². The lowest BCUT2D eigenvalue weighted by Gasteiger charge is -2.37. The first-order chi connectivity index (χ1) is 27.3. The standard InChI is InChI=1S/C42H70N6O10/c1-8-9-10-11-12-13-14-15-16-30-22-28(6)57-42(7,41(55)48-32(38(44)52)18-20-36(43)50)58-40(54)31-23-29(17-19-35(31)49)45-24-34(27(4)5)47-39(53)33(21-26(2)3)46-37(51)25-56-30/h10-15,26-35,45,49H,8-9,16-25H2,1-7H3,(H2,43,50)(H2,44,52)(H,46,51)(H,47,53)(H,48,55)/b11-10+,13-12+,15-14+. The number of aliphatic hydroxyl groups excluding tert-OH is 1. The van der Waals surface area contributed by atoms with Gasteiger partial charge in [-0.25, -0.2) is 0 Å². The zero-order valence-corrected chi connectivity index (χ0v) is 35.5. The number of fused-ring (bicyclic) bond motifs is 2. The third kappa shape index (κ3) is 18.2. The number of unbranched alkanes of at least 4 members (excludes halogenated alkanes) is 1. The van der Waals surface area contributed by atoms with E-state index in [1.807, 2.05) is 58.1 Å². The molecule has 1 aliphatic carbocycles. The van der Waals surface area contributed by atoms with E-state index in [0.717, 1.165) is 12.8 Å². The predicted octanol–water partition coefficient (Wildman–Crippen LogP) is 2.33. The van der Waals surface area contributed by atoms with Crippen molar-refractivity contribution in [2.75, 3.05) is 13.2 Å². The molecule has 1 heterocycles. The van der Waals surface area contributed by atoms with Gasteiger partial charge >= 0.3 is 5.97 Å². The lowest BCUT2D eigenvalue weighted by Crippen LogP contribution is -2.58. The number of hydrogen-bond acceptors (Lipinski definition) is 11. The Morgan fingerprint density at radius 3 is 2.31 bits per heavy atom. The summed E-state index contributed by atoms with van der Waals surface area (Å²) in [5, 5.41) is 22.9. The van der Waals surface area contributed by atoms with Crippen molar-refractivity contribution in [1.82, 2.24) is 21.3 Å². The maximum Gasteiger partial charge on any atom is 0.314 e. The quantitative estimate of drug-likeness (QED) is 0.0933. The minimum atomic E-state index is -2.35. The second-order valence-corrected chi connectivity index (χ2v) is 16.4. The smallest absolute Gasteiger partial charge is 0.314 e. The third-order valence-electron chi connectivity index (χ3n) is 10.2. The van der Waals surface area contributed by atoms with Crippen LogP contribution < -0.4 is 32.7 Å². The summed E-state index contributed by atoms with van der Waals surface area (Å²) < 4.78 is 18.2. The van der Waals surface area contributed by atoms with E-state index in [2.05, 4.69) is 34.3 Å². The topological polar surface area (TPSA) is 250 Å². The second-order valence-electron chi connectivity index (χ2n) is 16.4. The zero-order valence-electron chi connectivity index (χ0n) is 35.5. The van der Waals surface area contributed by atoms with E-state index in [1.54, 1.807) is 6.92 Å². The largest absolute Gasteiger partial charge is 0.423 e. The van der Waals surface area contributed by atoms with Crippen LogP contribution in [-0.2, 0) is 43.0 Å². The number of primary amides is 2. The van der Waals surface area contributed by atoms with Crippen LogP contribution in [0.4, 0.5) is 0 Å². The Balaban J connectivity index is 2.55. The van der Waals surface area contributed by atoms with Gasteiger partial charge in [0.15, 0.2) is 0 Å². The van der Waals surface area contributed by atoms with Gasteiger partial charge in [-0.05, 0) is 70.1 Å². The van der Waals surface area contributed by atoms with Gasteiger partial charge in [0, 0.05) is 32.0 Å². The first-order valence-corrected chi connectivity index (χ1v) is 20.7. The summed E-state index contributed by atoms with van der Waals surface area (Å²) in [6, 6.07) is -2.75. The van der Waals surface area contributed by atoms with Crippen LogP contribution in [0.25, 0.3) is 0 Å². The molecular formula is C42H70N6O10. The van der Waals surface area contributed by atoms with Crippen molar-refractivity contribution in [1.29, 1.82) is 0 Å². The maximum absolute atomic E-state index is 14.0. The number of ether oxygens (including phenoxy) is 3. The summed E-state index contributed by atoms with van der Waals surface area (Å²) in [5.41, 5.74) is 10.8. The van der Waals surface area contributed by atoms with Gasteiger partial charge in [-0.15, -0.1) is 0 Å². The summed E-state index contributed by atoms with van der Waals surface area (Å²) in [7, 11) is 0. The SMILES string of the molecule is CCC/C=C/C=C/C=C/CC1CC(C)OC(C)(C(=O)NC(CCC(N)=O)C(N)=O)OC(=O)C2CC(CCC2O)NCC(C(C)C)NC(=O)C(CC(C)C)NC(=O)CO1. The highest BCUT2D eigenvalue weighted by Gasteiger charge is 2.46. The van der Waals surface area contributed by atoms with E-state index >= 15 is 0 Å². The van der Waals surface area contributed by atoms with Crippen molar-refractivity contribution in [2.24, 2.45) is 29.2 Å². The van der Waals surface area contributed by atoms with Crippen LogP contribution in [0.5, 0.6) is 0 Å². The van der Waals surface area contributed by atoms with E-state index in [-0.39, 0.29) is 68.5 Å². The number of nitrogens with two attached hydrogens (primary N) is 2. The Hall–Kier alpha value is -4.12. The molecule has 0 radical (unpaired) electrons. The molecular weight excluding hydrogens is 748 g/mol. The fourth-order valence-electron chi connectivity index (χ4n) is 6.82. The number of nitrogens with one attached hydrogen (secondary N) is 4. The Morgan fingerprint density at radius 1 is 1.00 bits per heavy atom. The summed E-state index contributed by atoms with van der Waals surface area (Å²) in [6.07, 6.45) is 12.2. The van der Waals surface area contributed by atoms with E-state index in [9.17, 15) is 33.9 Å². The summed E-state index contributed by atoms with van der Waals surface area (Å²) in [6.45, 7) is 12.8. The number of allylic oxidation sites excluding steroid dienone is 5. The van der Waals surface area contributed by atoms with Crippen LogP contribution in [-0.4, -0.2) is 102 Å². The second kappa shape index (κ2) is 25.4. The van der Waals surface area contributed by atoms with Crippen molar-refractivity contribution in [3.05, 3.63) is 36.5 Å². The van der Waals surface area contributed by atoms with E-state index < -0.39 is 71.7 Å². The first kappa shape index (κ1) is 50.0. The molecule has 58 heavy (non-hydrogen) atoms. The van der Waals surface area contributed by atoms with Crippen LogP contribution in [0.1, 0.15) is 113 Å². The van der Waals surface area contributed by atoms with Gasteiger partial charge < -0.3 is 52.1 Å². The van der Waals surface area contributed by atoms with Crippen LogP contribution in [0, 0.1) is 17.8 Å². The van der Waals surface area contributed by atoms with Crippen LogP contribution in [0.3, 0.4) is 0 Å². The van der Waals surface area contributed by atoms with E-state index in [4.69, 9.17) is 25.7 Å². The molecule has 2 rings (SSSR count). The van der Waals surface area contributed by atoms with E-state index in [1.165, 1.54) is 6.92 Å². The molecule has 5 amide bonds. The van der Waals surface area contributed by atoms with Crippen molar-refractivity contribution < 1.29 is 48.1 Å². The summed E-state index contributed by atoms with van der Waals surface area (Å²) >= 11 is 0. The van der Waals surface area contributed by atoms with Gasteiger partial charge in [-0.1, -0.05) is 77.5 Å². The number of esters is 1. The number of hydrogen-bond donors (Lipinski definition) is 7. The molecule has 0 aromatic heterocycles. The van der Waals surface area contributed by atoms with Gasteiger partial charge in [-0.2, -0.15) is 0 Å². The molecule has 9 atom stereocenters. The molecule has 9 unspecified atom stereocenters. The fraction of sp³-hybridized carbons (Fsp3) is 0.714. The highest BCUT2D eigenvalue weighted by atomic mass is 16.7. The van der Waals surface area contributed by atoms with Gasteiger partial charge in [0.2, 0.25) is 23.6 Å². The first-order valence-electron chi connectivity index (χ1n) is 20.7. The molecule has 9 N–H and O–H groups in total. The summed E-state index contributed by atoms with van der Waals surface area (Å²) in [5.74, 6) is -7.68. The van der Waals surface area contributed by atoms with Crippen molar-refractivity contribution in [3.63, 3.8) is 0 Å². The molecule has 2 fully saturated rings. The molecule has 2 aliphatic rings. The Bertz CT molecular complexity index is 1450. The fourth-order valence-corrected chi connectivity index (χ4v) is 6.82. The number of rotatable bonds is 15. The predicted molar refractivity (Wildman–Crippen MR) is 219 cm³/mol. The van der Waals surface area contributed by atoms with Crippen molar-refractivity contribution in [3.8, 4) is 0 Å². The highest BCUT2D eigenvalue weighted by Crippen LogP contribution is 2.30. The normalized spacial score (nSPS) is 29.3. The minimum absolute atomic E-state index is 0.00423. The number of aliphatic hydroxyl groups is 1. The maximum atomic E-state index is 14.0. The molecule has 0 aromatic rings. The number of carbonyl (C=O) groups is 6. The molecule has 16 nitrogen and oxygen atoms in total. The Labute approximate surface area is 344 Å². The van der Waals surface area contributed by atoms with Gasteiger partial charge in [-0.3, -0.25) is 28.8 Å². The molecule has 1 aliphatic heterocycles. The molecule has 0 aromatic carbocycles. The minimum Gasteiger partial charge on any atom is -0.423 e. The molecule has 1 saturated carbocycles. The van der Waals surface area contributed by atoms with Crippen molar-refractivity contribution in [2.45, 2.75) is 161 Å².